The summed E-state index contributed by atoms with van der Waals surface area (Å²) in [4.78, 5) is 10.6. The average Bonchev–Trinajstić information content (AvgIpc) is 2.02. The molecule has 4 nitrogen and oxygen atoms in total. The lowest BCUT2D eigenvalue weighted by molar-refractivity contribution is 0.0778. The van der Waals surface area contributed by atoms with Crippen molar-refractivity contribution in [3.8, 4) is 0 Å². The quantitative estimate of drug-likeness (QED) is 0.667. The van der Waals surface area contributed by atoms with Crippen molar-refractivity contribution in [3.05, 3.63) is 18.0 Å². The SMILES string of the molecule is COC1CN(c2nccc(C)n2)C1. The summed E-state index contributed by atoms with van der Waals surface area (Å²) in [7, 11) is 1.74. The first kappa shape index (κ1) is 8.44. The molecule has 0 aromatic carbocycles. The van der Waals surface area contributed by atoms with Gasteiger partial charge in [0, 0.05) is 32.1 Å². The predicted octanol–water partition coefficient (Wildman–Crippen LogP) is 0.620. The van der Waals surface area contributed by atoms with E-state index in [2.05, 4.69) is 14.9 Å². The lowest BCUT2D eigenvalue weighted by Gasteiger charge is -2.37. The number of nitrogens with zero attached hydrogens (tertiary/aromatic N) is 3. The minimum Gasteiger partial charge on any atom is -0.378 e. The van der Waals surface area contributed by atoms with Crippen LogP contribution in [0.15, 0.2) is 12.3 Å². The molecule has 0 radical (unpaired) electrons. The maximum atomic E-state index is 5.17. The number of ether oxygens (including phenoxy) is 1. The van der Waals surface area contributed by atoms with Crippen LogP contribution in [0.25, 0.3) is 0 Å². The molecule has 0 amide bonds. The summed E-state index contributed by atoms with van der Waals surface area (Å²) < 4.78 is 5.17. The molecule has 1 aromatic heterocycles. The van der Waals surface area contributed by atoms with E-state index in [4.69, 9.17) is 4.74 Å². The fourth-order valence-corrected chi connectivity index (χ4v) is 1.34. The highest BCUT2D eigenvalue weighted by atomic mass is 16.5. The van der Waals surface area contributed by atoms with E-state index < -0.39 is 0 Å². The van der Waals surface area contributed by atoms with Crippen molar-refractivity contribution in [2.45, 2.75) is 13.0 Å². The summed E-state index contributed by atoms with van der Waals surface area (Å²) in [5, 5.41) is 0. The summed E-state index contributed by atoms with van der Waals surface area (Å²) in [6.07, 6.45) is 2.14. The van der Waals surface area contributed by atoms with E-state index >= 15 is 0 Å². The van der Waals surface area contributed by atoms with Gasteiger partial charge in [0.15, 0.2) is 0 Å². The molecule has 1 fully saturated rings. The van der Waals surface area contributed by atoms with E-state index in [1.807, 2.05) is 13.0 Å². The standard InChI is InChI=1S/C9H13N3O/c1-7-3-4-10-9(11-7)12-5-8(6-12)13-2/h3-4,8H,5-6H2,1-2H3. The fraction of sp³-hybridized carbons (Fsp3) is 0.556. The molecule has 4 heteroatoms. The Kier molecular flexibility index (Phi) is 2.14. The van der Waals surface area contributed by atoms with Gasteiger partial charge in [-0.05, 0) is 13.0 Å². The Bertz CT molecular complexity index is 297. The number of aromatic nitrogens is 2. The number of anilines is 1. The molecule has 0 bridgehead atoms. The van der Waals surface area contributed by atoms with Gasteiger partial charge in [0.25, 0.3) is 0 Å². The Morgan fingerprint density at radius 3 is 2.92 bits per heavy atom. The zero-order valence-electron chi connectivity index (χ0n) is 7.90. The highest BCUT2D eigenvalue weighted by molar-refractivity contribution is 5.34. The van der Waals surface area contributed by atoms with Crippen LogP contribution in [-0.4, -0.2) is 36.3 Å². The van der Waals surface area contributed by atoms with Crippen LogP contribution >= 0.6 is 0 Å². The van der Waals surface area contributed by atoms with Crippen LogP contribution in [0.3, 0.4) is 0 Å². The lowest BCUT2D eigenvalue weighted by Crippen LogP contribution is -2.52. The van der Waals surface area contributed by atoms with E-state index in [1.165, 1.54) is 0 Å². The van der Waals surface area contributed by atoms with Crippen molar-refractivity contribution < 1.29 is 4.74 Å². The molecule has 1 aliphatic rings. The summed E-state index contributed by atoms with van der Waals surface area (Å²) in [5.74, 6) is 0.813. The molecule has 0 saturated carbocycles. The molecule has 2 rings (SSSR count). The van der Waals surface area contributed by atoms with Crippen LogP contribution in [0.2, 0.25) is 0 Å². The molecule has 1 saturated heterocycles. The van der Waals surface area contributed by atoms with Crippen molar-refractivity contribution in [2.24, 2.45) is 0 Å². The first-order valence-corrected chi connectivity index (χ1v) is 4.37. The molecule has 0 atom stereocenters. The van der Waals surface area contributed by atoms with Crippen molar-refractivity contribution in [1.82, 2.24) is 9.97 Å². The highest BCUT2D eigenvalue weighted by Gasteiger charge is 2.28. The van der Waals surface area contributed by atoms with Gasteiger partial charge in [-0.2, -0.15) is 0 Å². The Labute approximate surface area is 77.6 Å². The molecule has 0 aliphatic carbocycles. The zero-order chi connectivity index (χ0) is 9.26. The summed E-state index contributed by atoms with van der Waals surface area (Å²) in [6.45, 7) is 3.78. The molecular formula is C9H13N3O. The van der Waals surface area contributed by atoms with Crippen LogP contribution < -0.4 is 4.90 Å². The van der Waals surface area contributed by atoms with Crippen molar-refractivity contribution >= 4 is 5.95 Å². The Hall–Kier alpha value is -1.16. The second-order valence-corrected chi connectivity index (χ2v) is 3.26. The molecule has 2 heterocycles. The molecule has 70 valence electrons. The molecule has 0 N–H and O–H groups in total. The van der Waals surface area contributed by atoms with Crippen molar-refractivity contribution in [2.75, 3.05) is 25.1 Å². The minimum absolute atomic E-state index is 0.351. The van der Waals surface area contributed by atoms with Crippen molar-refractivity contribution in [3.63, 3.8) is 0 Å². The van der Waals surface area contributed by atoms with Gasteiger partial charge in [-0.1, -0.05) is 0 Å². The number of methoxy groups -OCH3 is 1. The number of hydrogen-bond acceptors (Lipinski definition) is 4. The second-order valence-electron chi connectivity index (χ2n) is 3.26. The topological polar surface area (TPSA) is 38.2 Å². The molecule has 0 spiro atoms. The van der Waals surface area contributed by atoms with Crippen LogP contribution in [0.5, 0.6) is 0 Å². The lowest BCUT2D eigenvalue weighted by atomic mass is 10.2. The van der Waals surface area contributed by atoms with E-state index in [-0.39, 0.29) is 0 Å². The number of rotatable bonds is 2. The largest absolute Gasteiger partial charge is 0.378 e. The Balaban J connectivity index is 2.03. The monoisotopic (exact) mass is 179 g/mol. The zero-order valence-corrected chi connectivity index (χ0v) is 7.90. The third-order valence-electron chi connectivity index (χ3n) is 2.25. The average molecular weight is 179 g/mol. The van der Waals surface area contributed by atoms with Gasteiger partial charge in [-0.3, -0.25) is 0 Å². The van der Waals surface area contributed by atoms with Gasteiger partial charge in [0.05, 0.1) is 6.10 Å². The van der Waals surface area contributed by atoms with Gasteiger partial charge >= 0.3 is 0 Å². The van der Waals surface area contributed by atoms with Crippen LogP contribution in [-0.2, 0) is 4.74 Å². The molecule has 1 aromatic rings. The fourth-order valence-electron chi connectivity index (χ4n) is 1.34. The summed E-state index contributed by atoms with van der Waals surface area (Å²) in [5.41, 5.74) is 1.01. The first-order chi connectivity index (χ1) is 6.29. The predicted molar refractivity (Wildman–Crippen MR) is 49.8 cm³/mol. The van der Waals surface area contributed by atoms with Crippen LogP contribution in [0, 0.1) is 6.92 Å². The Morgan fingerprint density at radius 2 is 2.31 bits per heavy atom. The molecule has 13 heavy (non-hydrogen) atoms. The normalized spacial score (nSPS) is 17.2. The van der Waals surface area contributed by atoms with E-state index in [0.717, 1.165) is 24.7 Å². The minimum atomic E-state index is 0.351. The molecular weight excluding hydrogens is 166 g/mol. The molecule has 1 aliphatic heterocycles. The van der Waals surface area contributed by atoms with Crippen molar-refractivity contribution in [1.29, 1.82) is 0 Å². The second kappa shape index (κ2) is 3.30. The Morgan fingerprint density at radius 1 is 1.54 bits per heavy atom. The van der Waals surface area contributed by atoms with Gasteiger partial charge in [0.2, 0.25) is 5.95 Å². The third kappa shape index (κ3) is 1.62. The van der Waals surface area contributed by atoms with Crippen LogP contribution in [0.1, 0.15) is 5.69 Å². The maximum absolute atomic E-state index is 5.17. The van der Waals surface area contributed by atoms with Gasteiger partial charge in [-0.25, -0.2) is 9.97 Å². The third-order valence-corrected chi connectivity index (χ3v) is 2.25. The highest BCUT2D eigenvalue weighted by Crippen LogP contribution is 2.17. The summed E-state index contributed by atoms with van der Waals surface area (Å²) >= 11 is 0. The van der Waals surface area contributed by atoms with E-state index in [0.29, 0.717) is 6.10 Å². The number of aryl methyl sites for hydroxylation is 1. The smallest absolute Gasteiger partial charge is 0.225 e. The van der Waals surface area contributed by atoms with Gasteiger partial charge < -0.3 is 9.64 Å². The van der Waals surface area contributed by atoms with Gasteiger partial charge in [0.1, 0.15) is 0 Å². The van der Waals surface area contributed by atoms with E-state index in [1.54, 1.807) is 13.3 Å². The summed E-state index contributed by atoms with van der Waals surface area (Å²) in [6, 6.07) is 1.90. The van der Waals surface area contributed by atoms with Crippen LogP contribution in [0.4, 0.5) is 5.95 Å². The first-order valence-electron chi connectivity index (χ1n) is 4.37. The maximum Gasteiger partial charge on any atom is 0.225 e. The molecule has 0 unspecified atom stereocenters. The number of hydrogen-bond donors (Lipinski definition) is 0. The van der Waals surface area contributed by atoms with Gasteiger partial charge in [-0.15, -0.1) is 0 Å². The van der Waals surface area contributed by atoms with E-state index in [9.17, 15) is 0 Å².